The van der Waals surface area contributed by atoms with Crippen LogP contribution in [0, 0.1) is 11.6 Å². The second kappa shape index (κ2) is 5.59. The van der Waals surface area contributed by atoms with Gasteiger partial charge in [-0.3, -0.25) is 4.90 Å². The Bertz CT molecular complexity index is 722. The van der Waals surface area contributed by atoms with Crippen LogP contribution >= 0.6 is 0 Å². The first-order valence-corrected chi connectivity index (χ1v) is 6.76. The maximum Gasteiger partial charge on any atom is 0.326 e. The van der Waals surface area contributed by atoms with Crippen LogP contribution < -0.4 is 15.1 Å². The molecular weight excluding hydrogens is 290 g/mol. The molecule has 0 atom stereocenters. The molecule has 0 spiro atoms. The lowest BCUT2D eigenvalue weighted by atomic mass is 10.2. The normalized spacial score (nSPS) is 13.8. The van der Waals surface area contributed by atoms with E-state index in [1.54, 1.807) is 18.3 Å². The predicted molar refractivity (Wildman–Crippen MR) is 80.2 cm³/mol. The molecule has 1 aliphatic rings. The van der Waals surface area contributed by atoms with Gasteiger partial charge in [0, 0.05) is 32.4 Å². The van der Waals surface area contributed by atoms with Crippen LogP contribution in [0.3, 0.4) is 0 Å². The van der Waals surface area contributed by atoms with E-state index in [1.807, 2.05) is 11.9 Å². The van der Waals surface area contributed by atoms with Crippen molar-refractivity contribution in [2.45, 2.75) is 0 Å². The summed E-state index contributed by atoms with van der Waals surface area (Å²) in [6, 6.07) is 6.05. The van der Waals surface area contributed by atoms with Gasteiger partial charge in [-0.1, -0.05) is 0 Å². The molecule has 1 aromatic carbocycles. The van der Waals surface area contributed by atoms with Gasteiger partial charge in [-0.05, 0) is 24.3 Å². The highest BCUT2D eigenvalue weighted by atomic mass is 19.1. The molecule has 5 nitrogen and oxygen atoms in total. The lowest BCUT2D eigenvalue weighted by molar-refractivity contribution is 0.256. The van der Waals surface area contributed by atoms with Gasteiger partial charge in [0.25, 0.3) is 0 Å². The molecule has 0 fully saturated rings. The third kappa shape index (κ3) is 2.57. The van der Waals surface area contributed by atoms with Gasteiger partial charge in [-0.25, -0.2) is 18.6 Å². The van der Waals surface area contributed by atoms with Crippen molar-refractivity contribution in [3.8, 4) is 0 Å². The summed E-state index contributed by atoms with van der Waals surface area (Å²) < 4.78 is 26.5. The number of urea groups is 1. The van der Waals surface area contributed by atoms with Gasteiger partial charge in [-0.15, -0.1) is 0 Å². The van der Waals surface area contributed by atoms with Crippen LogP contribution in [-0.4, -0.2) is 31.2 Å². The molecule has 0 saturated heterocycles. The molecule has 1 aliphatic heterocycles. The average Bonchev–Trinajstić information content (AvgIpc) is 2.50. The molecule has 2 aromatic rings. The minimum atomic E-state index is -0.811. The molecule has 2 amide bonds. The number of carbonyl (C=O) groups excluding carboxylic acids is 1. The maximum absolute atomic E-state index is 13.6. The molecule has 2 heterocycles. The largest absolute Gasteiger partial charge is 0.356 e. The second-order valence-corrected chi connectivity index (χ2v) is 4.97. The van der Waals surface area contributed by atoms with Crippen LogP contribution in [-0.2, 0) is 0 Å². The summed E-state index contributed by atoms with van der Waals surface area (Å²) in [5.74, 6) is -0.818. The third-order valence-electron chi connectivity index (χ3n) is 3.50. The zero-order valence-corrected chi connectivity index (χ0v) is 11.9. The number of hydrogen-bond acceptors (Lipinski definition) is 3. The van der Waals surface area contributed by atoms with Gasteiger partial charge in [0.2, 0.25) is 0 Å². The predicted octanol–water partition coefficient (Wildman–Crippen LogP) is 2.85. The number of nitrogens with zero attached hydrogens (tertiary/aromatic N) is 3. The minimum Gasteiger partial charge on any atom is -0.356 e. The first-order valence-electron chi connectivity index (χ1n) is 6.76. The average molecular weight is 304 g/mol. The molecule has 0 aliphatic carbocycles. The number of benzene rings is 1. The number of aromatic nitrogens is 1. The van der Waals surface area contributed by atoms with Crippen LogP contribution in [0.5, 0.6) is 0 Å². The second-order valence-electron chi connectivity index (χ2n) is 4.97. The van der Waals surface area contributed by atoms with Crippen molar-refractivity contribution in [3.05, 3.63) is 48.2 Å². The smallest absolute Gasteiger partial charge is 0.326 e. The lowest BCUT2D eigenvalue weighted by Gasteiger charge is -2.34. The van der Waals surface area contributed by atoms with Gasteiger partial charge < -0.3 is 10.2 Å². The van der Waals surface area contributed by atoms with E-state index in [4.69, 9.17) is 0 Å². The first kappa shape index (κ1) is 14.2. The van der Waals surface area contributed by atoms with E-state index < -0.39 is 17.7 Å². The minimum absolute atomic E-state index is 0.0595. The number of nitrogens with one attached hydrogen (secondary N) is 1. The summed E-state index contributed by atoms with van der Waals surface area (Å²) in [6.07, 6.45) is 1.65. The van der Waals surface area contributed by atoms with Gasteiger partial charge in [0.1, 0.15) is 11.6 Å². The SMILES string of the molecule is CN1CCN(C(=O)Nc2ccc(F)cc2F)c2cccnc21. The van der Waals surface area contributed by atoms with E-state index in [9.17, 15) is 13.6 Å². The fourth-order valence-electron chi connectivity index (χ4n) is 2.35. The van der Waals surface area contributed by atoms with Crippen LogP contribution in [0.1, 0.15) is 0 Å². The molecule has 0 unspecified atom stereocenters. The molecule has 3 rings (SSSR count). The number of fused-ring (bicyclic) bond motifs is 1. The Hall–Kier alpha value is -2.70. The number of halogens is 2. The zero-order chi connectivity index (χ0) is 15.7. The van der Waals surface area contributed by atoms with Crippen molar-refractivity contribution < 1.29 is 13.6 Å². The monoisotopic (exact) mass is 304 g/mol. The number of likely N-dealkylation sites (N-methyl/N-ethyl adjacent to an activating group) is 1. The molecule has 0 radical (unpaired) electrons. The Labute approximate surface area is 126 Å². The van der Waals surface area contributed by atoms with Crippen molar-refractivity contribution >= 4 is 23.2 Å². The Kier molecular flexibility index (Phi) is 3.62. The fourth-order valence-corrected chi connectivity index (χ4v) is 2.35. The molecule has 7 heteroatoms. The number of amides is 2. The number of hydrogen-bond donors (Lipinski definition) is 1. The van der Waals surface area contributed by atoms with Crippen LogP contribution in [0.25, 0.3) is 0 Å². The first-order chi connectivity index (χ1) is 10.6. The summed E-state index contributed by atoms with van der Waals surface area (Å²) in [7, 11) is 1.89. The van der Waals surface area contributed by atoms with Crippen molar-refractivity contribution in [2.75, 3.05) is 35.3 Å². The van der Waals surface area contributed by atoms with E-state index in [1.165, 1.54) is 11.0 Å². The number of rotatable bonds is 1. The van der Waals surface area contributed by atoms with Gasteiger partial charge in [0.15, 0.2) is 5.82 Å². The quantitative estimate of drug-likeness (QED) is 0.881. The molecular formula is C15H14F2N4O. The number of pyridine rings is 1. The molecule has 114 valence electrons. The van der Waals surface area contributed by atoms with Crippen LogP contribution in [0.4, 0.5) is 30.8 Å². The molecule has 0 saturated carbocycles. The summed E-state index contributed by atoms with van der Waals surface area (Å²) >= 11 is 0. The Morgan fingerprint density at radius 3 is 2.86 bits per heavy atom. The van der Waals surface area contributed by atoms with Crippen molar-refractivity contribution in [1.29, 1.82) is 0 Å². The van der Waals surface area contributed by atoms with E-state index in [2.05, 4.69) is 10.3 Å². The standard InChI is InChI=1S/C15H14F2N4O/c1-20-7-8-21(13-3-2-6-18-14(13)20)15(22)19-12-5-4-10(16)9-11(12)17/h2-6,9H,7-8H2,1H3,(H,19,22). The fraction of sp³-hybridized carbons (Fsp3) is 0.200. The molecule has 1 N–H and O–H groups in total. The summed E-state index contributed by atoms with van der Waals surface area (Å²) in [6.45, 7) is 1.06. The topological polar surface area (TPSA) is 48.5 Å². The van der Waals surface area contributed by atoms with Crippen molar-refractivity contribution in [1.82, 2.24) is 4.98 Å². The van der Waals surface area contributed by atoms with Crippen molar-refractivity contribution in [3.63, 3.8) is 0 Å². The number of anilines is 3. The van der Waals surface area contributed by atoms with E-state index >= 15 is 0 Å². The summed E-state index contributed by atoms with van der Waals surface area (Å²) in [5, 5.41) is 2.46. The Balaban J connectivity index is 1.85. The van der Waals surface area contributed by atoms with E-state index in [-0.39, 0.29) is 5.69 Å². The van der Waals surface area contributed by atoms with E-state index in [0.717, 1.165) is 12.1 Å². The highest BCUT2D eigenvalue weighted by molar-refractivity contribution is 6.04. The summed E-state index contributed by atoms with van der Waals surface area (Å²) in [4.78, 5) is 20.1. The zero-order valence-electron chi connectivity index (χ0n) is 11.9. The maximum atomic E-state index is 13.6. The van der Waals surface area contributed by atoms with Gasteiger partial charge in [0.05, 0.1) is 11.4 Å². The summed E-state index contributed by atoms with van der Waals surface area (Å²) in [5.41, 5.74) is 0.590. The van der Waals surface area contributed by atoms with E-state index in [0.29, 0.717) is 24.6 Å². The third-order valence-corrected chi connectivity index (χ3v) is 3.50. The Morgan fingerprint density at radius 1 is 1.27 bits per heavy atom. The van der Waals surface area contributed by atoms with Crippen LogP contribution in [0.15, 0.2) is 36.5 Å². The van der Waals surface area contributed by atoms with Gasteiger partial charge >= 0.3 is 6.03 Å². The van der Waals surface area contributed by atoms with Crippen molar-refractivity contribution in [2.24, 2.45) is 0 Å². The highest BCUT2D eigenvalue weighted by Gasteiger charge is 2.26. The number of carbonyl (C=O) groups is 1. The molecule has 0 bridgehead atoms. The molecule has 22 heavy (non-hydrogen) atoms. The van der Waals surface area contributed by atoms with Gasteiger partial charge in [-0.2, -0.15) is 0 Å². The van der Waals surface area contributed by atoms with Crippen LogP contribution in [0.2, 0.25) is 0 Å². The lowest BCUT2D eigenvalue weighted by Crippen LogP contribution is -2.45. The molecule has 1 aromatic heterocycles. The Morgan fingerprint density at radius 2 is 2.09 bits per heavy atom. The highest BCUT2D eigenvalue weighted by Crippen LogP contribution is 2.30.